The lowest BCUT2D eigenvalue weighted by Crippen LogP contribution is -2.21. The van der Waals surface area contributed by atoms with Crippen molar-refractivity contribution in [2.45, 2.75) is 13.8 Å². The fraction of sp³-hybridized carbons (Fsp3) is 0.357. The van der Waals surface area contributed by atoms with Gasteiger partial charge in [-0.15, -0.1) is 0 Å². The highest BCUT2D eigenvalue weighted by atomic mass is 35.5. The predicted octanol–water partition coefficient (Wildman–Crippen LogP) is 3.12. The molecule has 106 valence electrons. The number of amides is 1. The third kappa shape index (κ3) is 3.38. The van der Waals surface area contributed by atoms with Crippen molar-refractivity contribution in [3.8, 4) is 0 Å². The number of rotatable bonds is 4. The van der Waals surface area contributed by atoms with Crippen LogP contribution in [0.25, 0.3) is 0 Å². The van der Waals surface area contributed by atoms with Gasteiger partial charge in [0.2, 0.25) is 5.91 Å². The summed E-state index contributed by atoms with van der Waals surface area (Å²) in [7, 11) is 0. The van der Waals surface area contributed by atoms with Gasteiger partial charge in [-0.05, 0) is 23.5 Å². The Morgan fingerprint density at radius 2 is 2.25 bits per heavy atom. The number of nitrogens with zero attached hydrogens (tertiary/aromatic N) is 2. The fourth-order valence-electron chi connectivity index (χ4n) is 2.32. The molecule has 6 heteroatoms. The van der Waals surface area contributed by atoms with Crippen LogP contribution < -0.4 is 5.43 Å². The van der Waals surface area contributed by atoms with Gasteiger partial charge in [0.15, 0.2) is 0 Å². The van der Waals surface area contributed by atoms with Crippen molar-refractivity contribution in [3.05, 3.63) is 40.7 Å². The number of carbonyl (C=O) groups is 1. The van der Waals surface area contributed by atoms with E-state index in [0.29, 0.717) is 0 Å². The van der Waals surface area contributed by atoms with E-state index in [1.165, 1.54) is 0 Å². The topological polar surface area (TPSA) is 54.4 Å². The predicted molar refractivity (Wildman–Crippen MR) is 80.5 cm³/mol. The normalized spacial score (nSPS) is 23.4. The third-order valence-electron chi connectivity index (χ3n) is 3.57. The number of pyridine rings is 1. The average molecular weight is 312 g/mol. The van der Waals surface area contributed by atoms with Crippen LogP contribution in [0.5, 0.6) is 0 Å². The molecular weight excluding hydrogens is 297 g/mol. The fourth-order valence-corrected chi connectivity index (χ4v) is 2.59. The number of hydrogen-bond acceptors (Lipinski definition) is 3. The molecule has 0 unspecified atom stereocenters. The van der Waals surface area contributed by atoms with Crippen molar-refractivity contribution >= 4 is 35.3 Å². The Morgan fingerprint density at radius 1 is 1.50 bits per heavy atom. The lowest BCUT2D eigenvalue weighted by atomic mass is 10.1. The highest BCUT2D eigenvalue weighted by Gasteiger charge is 2.60. The van der Waals surface area contributed by atoms with E-state index in [2.05, 4.69) is 15.5 Å². The molecule has 0 aromatic carbocycles. The Morgan fingerprint density at radius 3 is 2.85 bits per heavy atom. The average Bonchev–Trinajstić information content (AvgIpc) is 2.91. The molecule has 1 fully saturated rings. The van der Waals surface area contributed by atoms with Crippen LogP contribution in [0.2, 0.25) is 0 Å². The van der Waals surface area contributed by atoms with Crippen LogP contribution in [-0.4, -0.2) is 17.1 Å². The van der Waals surface area contributed by atoms with E-state index >= 15 is 0 Å². The molecule has 0 bridgehead atoms. The first-order valence-corrected chi connectivity index (χ1v) is 6.94. The number of hydrazone groups is 1. The second-order valence-corrected chi connectivity index (χ2v) is 6.31. The summed E-state index contributed by atoms with van der Waals surface area (Å²) in [6, 6.07) is 3.65. The van der Waals surface area contributed by atoms with Crippen LogP contribution in [0.15, 0.2) is 40.2 Å². The monoisotopic (exact) mass is 311 g/mol. The lowest BCUT2D eigenvalue weighted by molar-refractivity contribution is -0.123. The van der Waals surface area contributed by atoms with E-state index in [9.17, 15) is 4.79 Å². The maximum Gasteiger partial charge on any atom is 0.244 e. The zero-order chi connectivity index (χ0) is 14.8. The quantitative estimate of drug-likeness (QED) is 0.686. The van der Waals surface area contributed by atoms with E-state index in [-0.39, 0.29) is 27.6 Å². The summed E-state index contributed by atoms with van der Waals surface area (Å²) in [6.07, 6.45) is 6.60. The number of nitrogens with one attached hydrogen (secondary N) is 1. The molecule has 1 aromatic rings. The van der Waals surface area contributed by atoms with Gasteiger partial charge in [-0.2, -0.15) is 5.10 Å². The minimum atomic E-state index is -0.166. The minimum absolute atomic E-state index is 0.0427. The van der Waals surface area contributed by atoms with Gasteiger partial charge in [-0.3, -0.25) is 9.78 Å². The van der Waals surface area contributed by atoms with Crippen molar-refractivity contribution in [2.75, 3.05) is 0 Å². The molecule has 1 amide bonds. The number of aromatic nitrogens is 1. The maximum atomic E-state index is 12.0. The van der Waals surface area contributed by atoms with E-state index < -0.39 is 0 Å². The Balaban J connectivity index is 1.94. The summed E-state index contributed by atoms with van der Waals surface area (Å²) >= 11 is 11.3. The van der Waals surface area contributed by atoms with Gasteiger partial charge in [-0.1, -0.05) is 43.1 Å². The summed E-state index contributed by atoms with van der Waals surface area (Å²) in [4.78, 5) is 16.0. The number of allylic oxidation sites excluding steroid dienone is 1. The second-order valence-electron chi connectivity index (χ2n) is 5.30. The number of halogens is 2. The van der Waals surface area contributed by atoms with Gasteiger partial charge in [0, 0.05) is 18.0 Å². The van der Waals surface area contributed by atoms with Crippen LogP contribution >= 0.6 is 23.2 Å². The smallest absolute Gasteiger partial charge is 0.244 e. The first-order chi connectivity index (χ1) is 9.43. The highest BCUT2D eigenvalue weighted by Crippen LogP contribution is 2.59. The van der Waals surface area contributed by atoms with Crippen LogP contribution in [0.4, 0.5) is 0 Å². The Bertz CT molecular complexity index is 551. The summed E-state index contributed by atoms with van der Waals surface area (Å²) in [5, 5.41) is 3.93. The summed E-state index contributed by atoms with van der Waals surface area (Å²) < 4.78 is 0.192. The Hall–Kier alpha value is -1.39. The SMILES string of the molecule is CC1(C)[C@H](C=C(Cl)Cl)[C@H]1C(=O)N/N=C\c1cccnc1. The van der Waals surface area contributed by atoms with Gasteiger partial charge < -0.3 is 0 Å². The lowest BCUT2D eigenvalue weighted by Gasteiger charge is -2.00. The van der Waals surface area contributed by atoms with Crippen molar-refractivity contribution < 1.29 is 4.79 Å². The molecule has 20 heavy (non-hydrogen) atoms. The molecule has 0 spiro atoms. The minimum Gasteiger partial charge on any atom is -0.273 e. The molecule has 1 aromatic heterocycles. The second kappa shape index (κ2) is 5.94. The van der Waals surface area contributed by atoms with Crippen molar-refractivity contribution in [3.63, 3.8) is 0 Å². The van der Waals surface area contributed by atoms with Crippen molar-refractivity contribution in [2.24, 2.45) is 22.4 Å². The molecule has 1 N–H and O–H groups in total. The summed E-state index contributed by atoms with van der Waals surface area (Å²) in [6.45, 7) is 4.00. The molecule has 0 aliphatic heterocycles. The highest BCUT2D eigenvalue weighted by molar-refractivity contribution is 6.55. The van der Waals surface area contributed by atoms with Crippen LogP contribution in [-0.2, 0) is 4.79 Å². The van der Waals surface area contributed by atoms with Gasteiger partial charge in [-0.25, -0.2) is 5.43 Å². The molecule has 0 radical (unpaired) electrons. The standard InChI is InChI=1S/C14H15Cl2N3O/c1-14(2)10(6-11(15)16)12(14)13(20)19-18-8-9-4-3-5-17-7-9/h3-8,10,12H,1-2H3,(H,19,20)/b18-8-/t10-,12+/m1/s1. The van der Waals surface area contributed by atoms with Crippen LogP contribution in [0.1, 0.15) is 19.4 Å². The van der Waals surface area contributed by atoms with E-state index in [0.717, 1.165) is 5.56 Å². The van der Waals surface area contributed by atoms with Gasteiger partial charge >= 0.3 is 0 Å². The molecule has 1 aliphatic rings. The van der Waals surface area contributed by atoms with E-state index in [1.807, 2.05) is 19.9 Å². The Labute approximate surface area is 127 Å². The van der Waals surface area contributed by atoms with Crippen molar-refractivity contribution in [1.82, 2.24) is 10.4 Å². The maximum absolute atomic E-state index is 12.0. The summed E-state index contributed by atoms with van der Waals surface area (Å²) in [5.74, 6) is -0.256. The zero-order valence-corrected chi connectivity index (χ0v) is 12.7. The first-order valence-electron chi connectivity index (χ1n) is 6.18. The van der Waals surface area contributed by atoms with Gasteiger partial charge in [0.05, 0.1) is 12.1 Å². The molecule has 2 rings (SSSR count). The zero-order valence-electron chi connectivity index (χ0n) is 11.2. The molecule has 1 aliphatic carbocycles. The van der Waals surface area contributed by atoms with Crippen LogP contribution in [0, 0.1) is 17.3 Å². The third-order valence-corrected chi connectivity index (χ3v) is 3.82. The van der Waals surface area contributed by atoms with E-state index in [1.54, 1.807) is 30.8 Å². The number of hydrogen-bond donors (Lipinski definition) is 1. The molecule has 0 saturated heterocycles. The molecule has 1 saturated carbocycles. The number of carbonyl (C=O) groups excluding carboxylic acids is 1. The van der Waals surface area contributed by atoms with E-state index in [4.69, 9.17) is 23.2 Å². The van der Waals surface area contributed by atoms with Gasteiger partial charge in [0.25, 0.3) is 0 Å². The molecular formula is C14H15Cl2N3O. The molecule has 2 atom stereocenters. The van der Waals surface area contributed by atoms with Crippen LogP contribution in [0.3, 0.4) is 0 Å². The molecule has 4 nitrogen and oxygen atoms in total. The van der Waals surface area contributed by atoms with Gasteiger partial charge in [0.1, 0.15) is 4.49 Å². The first kappa shape index (κ1) is 15.0. The molecule has 1 heterocycles. The Kier molecular flexibility index (Phi) is 4.45. The largest absolute Gasteiger partial charge is 0.273 e. The summed E-state index contributed by atoms with van der Waals surface area (Å²) in [5.41, 5.74) is 3.21. The van der Waals surface area contributed by atoms with Crippen molar-refractivity contribution in [1.29, 1.82) is 0 Å².